The van der Waals surface area contributed by atoms with Crippen LogP contribution in [-0.2, 0) is 0 Å². The van der Waals surface area contributed by atoms with Crippen LogP contribution in [0.1, 0.15) is 0 Å². The van der Waals surface area contributed by atoms with Crippen molar-refractivity contribution in [1.29, 1.82) is 0 Å². The number of hydrogen-bond acceptors (Lipinski definition) is 2. The SMILES string of the molecule is [C-]#[N+]c1nccc(Cl)n1. The molecule has 0 aliphatic rings. The minimum atomic E-state index is 0.0856. The maximum atomic E-state index is 6.48. The molecule has 0 unspecified atom stereocenters. The molecule has 0 saturated heterocycles. The molecule has 0 bridgehead atoms. The highest BCUT2D eigenvalue weighted by molar-refractivity contribution is 6.29. The molecule has 0 aromatic carbocycles. The summed E-state index contributed by atoms with van der Waals surface area (Å²) in [6.07, 6.45) is 1.45. The molecule has 0 spiro atoms. The zero-order chi connectivity index (χ0) is 6.69. The molecule has 0 aliphatic heterocycles. The maximum Gasteiger partial charge on any atom is 0.372 e. The van der Waals surface area contributed by atoms with E-state index in [1.54, 1.807) is 0 Å². The first-order chi connectivity index (χ1) is 4.33. The Bertz CT molecular complexity index is 253. The predicted octanol–water partition coefficient (Wildman–Crippen LogP) is 1.68. The summed E-state index contributed by atoms with van der Waals surface area (Å²) in [5, 5.41) is 0.302. The molecule has 0 N–H and O–H groups in total. The molecule has 0 saturated carbocycles. The zero-order valence-corrected chi connectivity index (χ0v) is 5.13. The molecule has 1 rings (SSSR count). The second kappa shape index (κ2) is 2.42. The van der Waals surface area contributed by atoms with Gasteiger partial charge in [0.25, 0.3) is 0 Å². The first-order valence-corrected chi connectivity index (χ1v) is 2.57. The summed E-state index contributed by atoms with van der Waals surface area (Å²) < 4.78 is 0. The topological polar surface area (TPSA) is 30.1 Å². The van der Waals surface area contributed by atoms with Gasteiger partial charge >= 0.3 is 5.95 Å². The molecule has 1 aromatic rings. The Morgan fingerprint density at radius 1 is 1.67 bits per heavy atom. The molecule has 0 radical (unpaired) electrons. The van der Waals surface area contributed by atoms with Crippen molar-refractivity contribution in [2.45, 2.75) is 0 Å². The van der Waals surface area contributed by atoms with Crippen LogP contribution in [0.15, 0.2) is 12.3 Å². The van der Waals surface area contributed by atoms with E-state index in [9.17, 15) is 0 Å². The lowest BCUT2D eigenvalue weighted by molar-refractivity contribution is 1.20. The molecule has 4 heteroatoms. The third-order valence-electron chi connectivity index (χ3n) is 0.709. The van der Waals surface area contributed by atoms with Crippen molar-refractivity contribution in [3.05, 3.63) is 28.8 Å². The number of hydrogen-bond donors (Lipinski definition) is 0. The average Bonchev–Trinajstić information content (AvgIpc) is 1.88. The van der Waals surface area contributed by atoms with Gasteiger partial charge < -0.3 is 4.85 Å². The number of aromatic nitrogens is 2. The van der Waals surface area contributed by atoms with Crippen molar-refractivity contribution in [1.82, 2.24) is 9.97 Å². The van der Waals surface area contributed by atoms with E-state index in [0.717, 1.165) is 0 Å². The fraction of sp³-hybridized carbons (Fsp3) is 0. The van der Waals surface area contributed by atoms with Crippen LogP contribution in [-0.4, -0.2) is 9.97 Å². The summed E-state index contributed by atoms with van der Waals surface area (Å²) in [4.78, 5) is 10.2. The van der Waals surface area contributed by atoms with E-state index in [1.165, 1.54) is 12.3 Å². The molecule has 9 heavy (non-hydrogen) atoms. The molecule has 1 aromatic heterocycles. The Morgan fingerprint density at radius 3 is 2.89 bits per heavy atom. The monoisotopic (exact) mass is 139 g/mol. The molecule has 3 nitrogen and oxygen atoms in total. The first-order valence-electron chi connectivity index (χ1n) is 2.19. The molecular formula is C5H2ClN3. The van der Waals surface area contributed by atoms with Gasteiger partial charge in [0.2, 0.25) is 0 Å². The smallest absolute Gasteiger partial charge is 0.372 e. The van der Waals surface area contributed by atoms with Crippen molar-refractivity contribution >= 4 is 17.5 Å². The van der Waals surface area contributed by atoms with Gasteiger partial charge in [0.05, 0.1) is 6.20 Å². The second-order valence-electron chi connectivity index (χ2n) is 1.29. The van der Waals surface area contributed by atoms with Gasteiger partial charge in [0, 0.05) is 6.07 Å². The highest BCUT2D eigenvalue weighted by atomic mass is 35.5. The standard InChI is InChI=1S/C5H2ClN3/c1-7-5-8-3-2-4(6)9-5/h2-3H. The van der Waals surface area contributed by atoms with Gasteiger partial charge in [0.15, 0.2) is 5.15 Å². The summed E-state index contributed by atoms with van der Waals surface area (Å²) in [6.45, 7) is 6.48. The van der Waals surface area contributed by atoms with Crippen LogP contribution in [0.5, 0.6) is 0 Å². The van der Waals surface area contributed by atoms with E-state index in [-0.39, 0.29) is 5.95 Å². The Labute approximate surface area is 57.1 Å². The predicted molar refractivity (Wildman–Crippen MR) is 33.3 cm³/mol. The summed E-state index contributed by atoms with van der Waals surface area (Å²) in [5.74, 6) is 0.0856. The van der Waals surface area contributed by atoms with E-state index in [1.807, 2.05) is 0 Å². The normalized spacial score (nSPS) is 8.44. The highest BCUT2D eigenvalue weighted by Crippen LogP contribution is 2.07. The molecule has 1 heterocycles. The van der Waals surface area contributed by atoms with Crippen LogP contribution in [0.25, 0.3) is 4.85 Å². The lowest BCUT2D eigenvalue weighted by atomic mass is 10.7. The first kappa shape index (κ1) is 5.99. The molecule has 0 fully saturated rings. The van der Waals surface area contributed by atoms with Gasteiger partial charge in [-0.2, -0.15) is 4.98 Å². The number of rotatable bonds is 0. The summed E-state index contributed by atoms with van der Waals surface area (Å²) in [7, 11) is 0. The zero-order valence-electron chi connectivity index (χ0n) is 4.37. The summed E-state index contributed by atoms with van der Waals surface area (Å²) >= 11 is 5.43. The van der Waals surface area contributed by atoms with Crippen LogP contribution >= 0.6 is 11.6 Å². The maximum absolute atomic E-state index is 6.48. The Balaban J connectivity index is 3.12. The van der Waals surface area contributed by atoms with E-state index in [4.69, 9.17) is 18.2 Å². The van der Waals surface area contributed by atoms with Crippen molar-refractivity contribution in [3.63, 3.8) is 0 Å². The van der Waals surface area contributed by atoms with Crippen molar-refractivity contribution < 1.29 is 0 Å². The van der Waals surface area contributed by atoms with Gasteiger partial charge in [-0.15, -0.1) is 11.6 Å². The van der Waals surface area contributed by atoms with Gasteiger partial charge in [-0.05, 0) is 11.6 Å². The molecule has 0 aliphatic carbocycles. The molecule has 44 valence electrons. The lowest BCUT2D eigenvalue weighted by Crippen LogP contribution is -1.76. The van der Waals surface area contributed by atoms with Crippen LogP contribution < -0.4 is 0 Å². The Hall–Kier alpha value is -1.14. The Kier molecular flexibility index (Phi) is 1.61. The van der Waals surface area contributed by atoms with Crippen molar-refractivity contribution in [2.75, 3.05) is 0 Å². The molecular weight excluding hydrogens is 138 g/mol. The highest BCUT2D eigenvalue weighted by Gasteiger charge is 1.94. The Morgan fingerprint density at radius 2 is 2.44 bits per heavy atom. The molecule has 0 atom stereocenters. The third kappa shape index (κ3) is 1.37. The van der Waals surface area contributed by atoms with E-state index in [2.05, 4.69) is 14.8 Å². The lowest BCUT2D eigenvalue weighted by Gasteiger charge is -1.82. The van der Waals surface area contributed by atoms with Crippen molar-refractivity contribution in [3.8, 4) is 0 Å². The van der Waals surface area contributed by atoms with Crippen LogP contribution in [0, 0.1) is 6.57 Å². The van der Waals surface area contributed by atoms with E-state index < -0.39 is 0 Å². The van der Waals surface area contributed by atoms with Crippen LogP contribution in [0.3, 0.4) is 0 Å². The summed E-state index contributed by atoms with van der Waals surface area (Å²) in [5.41, 5.74) is 0. The van der Waals surface area contributed by atoms with Crippen molar-refractivity contribution in [2.24, 2.45) is 0 Å². The fourth-order valence-electron chi connectivity index (χ4n) is 0.381. The van der Waals surface area contributed by atoms with Gasteiger partial charge in [-0.3, -0.25) is 0 Å². The fourth-order valence-corrected chi connectivity index (χ4v) is 0.513. The summed E-state index contributed by atoms with van der Waals surface area (Å²) in [6, 6.07) is 1.52. The third-order valence-corrected chi connectivity index (χ3v) is 0.919. The van der Waals surface area contributed by atoms with Crippen LogP contribution in [0.2, 0.25) is 5.15 Å². The minimum Gasteiger partial charge on any atom is -0.394 e. The minimum absolute atomic E-state index is 0.0856. The average molecular weight is 140 g/mol. The van der Waals surface area contributed by atoms with Gasteiger partial charge in [-0.25, -0.2) is 0 Å². The van der Waals surface area contributed by atoms with E-state index >= 15 is 0 Å². The molecule has 0 amide bonds. The van der Waals surface area contributed by atoms with Gasteiger partial charge in [-0.1, -0.05) is 0 Å². The number of halogens is 1. The van der Waals surface area contributed by atoms with Crippen LogP contribution in [0.4, 0.5) is 5.95 Å². The second-order valence-corrected chi connectivity index (χ2v) is 1.68. The van der Waals surface area contributed by atoms with Gasteiger partial charge in [0.1, 0.15) is 0 Å². The quantitative estimate of drug-likeness (QED) is 0.404. The number of nitrogens with zero attached hydrogens (tertiary/aromatic N) is 3. The largest absolute Gasteiger partial charge is 0.394 e. The van der Waals surface area contributed by atoms with E-state index in [0.29, 0.717) is 5.15 Å².